The number of aromatic nitrogens is 6. The molecule has 7 nitrogen and oxygen atoms in total. The summed E-state index contributed by atoms with van der Waals surface area (Å²) in [6.07, 6.45) is 8.46. The van der Waals surface area contributed by atoms with Crippen molar-refractivity contribution in [3.05, 3.63) is 152 Å². The molecule has 6 aromatic heterocycles. The molecule has 52 heavy (non-hydrogen) atoms. The maximum Gasteiger partial charge on any atom is 0.115 e. The van der Waals surface area contributed by atoms with Gasteiger partial charge in [-0.25, -0.2) is 0 Å². The topological polar surface area (TPSA) is 65.8 Å². The highest BCUT2D eigenvalue weighted by molar-refractivity contribution is 6.09. The number of hydrogen-bond acceptors (Lipinski definition) is 4. The molecule has 1 unspecified atom stereocenters. The summed E-state index contributed by atoms with van der Waals surface area (Å²) in [7, 11) is 0. The number of aliphatic imine (C=N–C) groups is 1. The summed E-state index contributed by atoms with van der Waals surface area (Å²) >= 11 is 0. The molecule has 0 spiro atoms. The van der Waals surface area contributed by atoms with Crippen molar-refractivity contribution in [2.45, 2.75) is 19.3 Å². The molecule has 7 heterocycles. The monoisotopic (exact) mass is 669 g/mol. The largest absolute Gasteiger partial charge is 0.309 e. The van der Waals surface area contributed by atoms with Gasteiger partial charge in [0.2, 0.25) is 0 Å². The van der Waals surface area contributed by atoms with Crippen LogP contribution < -0.4 is 0 Å². The molecule has 0 amide bonds. The van der Waals surface area contributed by atoms with Crippen molar-refractivity contribution >= 4 is 66.8 Å². The van der Waals surface area contributed by atoms with Gasteiger partial charge in [-0.2, -0.15) is 0 Å². The summed E-state index contributed by atoms with van der Waals surface area (Å²) in [5.41, 5.74) is 15.8. The first-order chi connectivity index (χ1) is 25.7. The van der Waals surface area contributed by atoms with Gasteiger partial charge in [-0.3, -0.25) is 19.9 Å². The van der Waals surface area contributed by atoms with Crippen molar-refractivity contribution in [3.63, 3.8) is 0 Å². The molecule has 0 aliphatic carbocycles. The molecule has 246 valence electrons. The summed E-state index contributed by atoms with van der Waals surface area (Å²) < 4.78 is 7.03. The molecule has 0 N–H and O–H groups in total. The van der Waals surface area contributed by atoms with E-state index in [9.17, 15) is 0 Å². The number of rotatable bonds is 4. The van der Waals surface area contributed by atoms with Crippen LogP contribution in [0.25, 0.3) is 83.1 Å². The Hall–Kier alpha value is -6.86. The molecule has 4 aromatic carbocycles. The fourth-order valence-corrected chi connectivity index (χ4v) is 8.34. The second kappa shape index (κ2) is 11.1. The molecule has 0 saturated heterocycles. The maximum atomic E-state index is 4.90. The quantitative estimate of drug-likeness (QED) is 0.187. The van der Waals surface area contributed by atoms with Gasteiger partial charge in [0.1, 0.15) is 22.2 Å². The van der Waals surface area contributed by atoms with Gasteiger partial charge in [-0.05, 0) is 96.4 Å². The van der Waals surface area contributed by atoms with Crippen LogP contribution in [0, 0.1) is 0 Å². The van der Waals surface area contributed by atoms with Crippen LogP contribution in [0.5, 0.6) is 0 Å². The van der Waals surface area contributed by atoms with Gasteiger partial charge < -0.3 is 13.7 Å². The Kier molecular flexibility index (Phi) is 6.16. The molecular formula is C45H31N7. The lowest BCUT2D eigenvalue weighted by Gasteiger charge is -2.20. The van der Waals surface area contributed by atoms with Crippen LogP contribution in [0.15, 0.2) is 151 Å². The zero-order chi connectivity index (χ0) is 34.3. The number of hydrogen-bond donors (Lipinski definition) is 0. The van der Waals surface area contributed by atoms with Crippen molar-refractivity contribution in [2.24, 2.45) is 4.99 Å². The van der Waals surface area contributed by atoms with Crippen LogP contribution in [0.2, 0.25) is 0 Å². The van der Waals surface area contributed by atoms with Gasteiger partial charge in [-0.15, -0.1) is 0 Å². The Morgan fingerprint density at radius 3 is 1.63 bits per heavy atom. The molecule has 0 radical (unpaired) electrons. The summed E-state index contributed by atoms with van der Waals surface area (Å²) in [6.45, 7) is 2.28. The Balaban J connectivity index is 1.17. The Morgan fingerprint density at radius 1 is 0.481 bits per heavy atom. The predicted octanol–water partition coefficient (Wildman–Crippen LogP) is 10.9. The van der Waals surface area contributed by atoms with E-state index < -0.39 is 0 Å². The van der Waals surface area contributed by atoms with Gasteiger partial charge in [0.05, 0.1) is 33.3 Å². The van der Waals surface area contributed by atoms with E-state index in [-0.39, 0.29) is 5.92 Å². The molecular weight excluding hydrogens is 639 g/mol. The van der Waals surface area contributed by atoms with Gasteiger partial charge in [0, 0.05) is 58.6 Å². The first kappa shape index (κ1) is 28.9. The van der Waals surface area contributed by atoms with Crippen molar-refractivity contribution in [1.29, 1.82) is 0 Å². The van der Waals surface area contributed by atoms with E-state index in [2.05, 4.69) is 130 Å². The second-order valence-electron chi connectivity index (χ2n) is 13.6. The molecule has 1 atom stereocenters. The zero-order valence-electron chi connectivity index (χ0n) is 28.3. The van der Waals surface area contributed by atoms with E-state index in [4.69, 9.17) is 19.9 Å². The van der Waals surface area contributed by atoms with Crippen molar-refractivity contribution in [1.82, 2.24) is 28.7 Å². The fourth-order valence-electron chi connectivity index (χ4n) is 8.34. The lowest BCUT2D eigenvalue weighted by molar-refractivity contribution is 0.747. The van der Waals surface area contributed by atoms with E-state index in [1.54, 1.807) is 0 Å². The number of pyridine rings is 3. The Labute approximate surface area is 298 Å². The van der Waals surface area contributed by atoms with Crippen LogP contribution >= 0.6 is 0 Å². The Bertz CT molecular complexity index is 2960. The smallest absolute Gasteiger partial charge is 0.115 e. The van der Waals surface area contributed by atoms with Crippen LogP contribution in [0.4, 0.5) is 5.69 Å². The van der Waals surface area contributed by atoms with E-state index in [1.807, 2.05) is 43.0 Å². The van der Waals surface area contributed by atoms with Gasteiger partial charge in [0.25, 0.3) is 0 Å². The first-order valence-electron chi connectivity index (χ1n) is 17.7. The summed E-state index contributed by atoms with van der Waals surface area (Å²) in [5.74, 6) is 0.279. The average molecular weight is 670 g/mol. The molecule has 0 bridgehead atoms. The lowest BCUT2D eigenvalue weighted by atomic mass is 10.00. The zero-order valence-corrected chi connectivity index (χ0v) is 28.3. The van der Waals surface area contributed by atoms with Crippen molar-refractivity contribution < 1.29 is 0 Å². The number of nitrogens with zero attached hydrogens (tertiary/aromatic N) is 7. The maximum absolute atomic E-state index is 4.90. The highest BCUT2D eigenvalue weighted by Crippen LogP contribution is 2.43. The van der Waals surface area contributed by atoms with Gasteiger partial charge >= 0.3 is 0 Å². The minimum atomic E-state index is 0.279. The third kappa shape index (κ3) is 4.13. The molecule has 11 rings (SSSR count). The van der Waals surface area contributed by atoms with Gasteiger partial charge in [-0.1, -0.05) is 55.5 Å². The van der Waals surface area contributed by atoms with Crippen LogP contribution in [-0.2, 0) is 0 Å². The van der Waals surface area contributed by atoms with Crippen molar-refractivity contribution in [2.75, 3.05) is 0 Å². The molecule has 1 aliphatic rings. The highest BCUT2D eigenvalue weighted by Gasteiger charge is 2.26. The van der Waals surface area contributed by atoms with Crippen LogP contribution in [0.3, 0.4) is 0 Å². The van der Waals surface area contributed by atoms with Crippen LogP contribution in [-0.4, -0.2) is 34.9 Å². The molecule has 0 saturated carbocycles. The summed E-state index contributed by atoms with van der Waals surface area (Å²) in [4.78, 5) is 19.3. The van der Waals surface area contributed by atoms with Crippen molar-refractivity contribution in [3.8, 4) is 28.2 Å². The molecule has 7 heteroatoms. The van der Waals surface area contributed by atoms with E-state index in [0.717, 1.165) is 73.4 Å². The van der Waals surface area contributed by atoms with Crippen LogP contribution in [0.1, 0.15) is 25.0 Å². The van der Waals surface area contributed by atoms with E-state index in [1.165, 1.54) is 27.5 Å². The third-order valence-corrected chi connectivity index (χ3v) is 10.6. The minimum Gasteiger partial charge on any atom is -0.309 e. The number of para-hydroxylation sites is 2. The van der Waals surface area contributed by atoms with E-state index >= 15 is 0 Å². The van der Waals surface area contributed by atoms with Gasteiger partial charge in [0.15, 0.2) is 0 Å². The normalized spacial score (nSPS) is 14.3. The summed E-state index contributed by atoms with van der Waals surface area (Å²) in [6, 6.07) is 45.6. The average Bonchev–Trinajstić information content (AvgIpc) is 3.85. The standard InChI is InChI=1S/C45H31N7/c1-28-20-24-49-44-43-40(15-8-23-48-43)52(45(28)44)33-26-30(25-32(27-33)51-38-13-6-21-46-41(38)42-39(51)14-7-22-47-42)29-16-18-31(19-17-29)50-36-11-4-2-9-34(36)35-10-3-5-12-37(35)50/h2-19,21-28H,20H2,1H3. The predicted molar refractivity (Wildman–Crippen MR) is 212 cm³/mol. The first-order valence-corrected chi connectivity index (χ1v) is 17.7. The Morgan fingerprint density at radius 2 is 1.00 bits per heavy atom. The number of fused-ring (bicyclic) bond motifs is 9. The second-order valence-corrected chi connectivity index (χ2v) is 13.6. The molecule has 0 fully saturated rings. The molecule has 10 aromatic rings. The lowest BCUT2D eigenvalue weighted by Crippen LogP contribution is -2.08. The third-order valence-electron chi connectivity index (χ3n) is 10.6. The summed E-state index contributed by atoms with van der Waals surface area (Å²) in [5, 5.41) is 2.51. The fraction of sp³-hybridized carbons (Fsp3) is 0.0667. The number of benzene rings is 4. The SMILES string of the molecule is CC1CC=Nc2c1n(-c1cc(-c3ccc(-n4c5ccccc5c5ccccc54)cc3)cc(-n3c4cccnc4c4ncccc43)c1)c1cccnc21. The minimum absolute atomic E-state index is 0.279. The highest BCUT2D eigenvalue weighted by atomic mass is 15.1. The molecule has 1 aliphatic heterocycles. The van der Waals surface area contributed by atoms with E-state index in [0.29, 0.717) is 0 Å².